The molecule has 1 amide bonds. The van der Waals surface area contributed by atoms with Crippen LogP contribution < -0.4 is 15.5 Å². The van der Waals surface area contributed by atoms with E-state index in [-0.39, 0.29) is 5.91 Å². The van der Waals surface area contributed by atoms with E-state index in [2.05, 4.69) is 51.5 Å². The standard InChI is InChI=1S/C20H23N5O2/c1-3-25(4-2)17-9-7-16(8-10-17)24-20-22-12-15(13-23-20)19(26)21-14-18-6-5-11-27-18/h5-13H,3-4,14H2,1-2H3,(H,21,26)(H,22,23,24). The van der Waals surface area contributed by atoms with Crippen LogP contribution in [0.2, 0.25) is 0 Å². The number of hydrogen-bond donors (Lipinski definition) is 2. The summed E-state index contributed by atoms with van der Waals surface area (Å²) in [4.78, 5) is 22.8. The number of anilines is 3. The molecule has 0 unspecified atom stereocenters. The molecule has 0 spiro atoms. The first-order valence-corrected chi connectivity index (χ1v) is 8.94. The maximum Gasteiger partial charge on any atom is 0.254 e. The largest absolute Gasteiger partial charge is 0.467 e. The van der Waals surface area contributed by atoms with Crippen LogP contribution in [0.1, 0.15) is 30.0 Å². The fraction of sp³-hybridized carbons (Fsp3) is 0.250. The van der Waals surface area contributed by atoms with E-state index in [1.54, 1.807) is 18.4 Å². The molecule has 0 saturated heterocycles. The van der Waals surface area contributed by atoms with E-state index in [9.17, 15) is 4.79 Å². The zero-order chi connectivity index (χ0) is 19.1. The molecule has 3 rings (SSSR count). The summed E-state index contributed by atoms with van der Waals surface area (Å²) < 4.78 is 5.18. The number of carbonyl (C=O) groups excluding carboxylic acids is 1. The van der Waals surface area contributed by atoms with Crippen molar-refractivity contribution in [1.29, 1.82) is 0 Å². The number of nitrogens with zero attached hydrogens (tertiary/aromatic N) is 3. The lowest BCUT2D eigenvalue weighted by Gasteiger charge is -2.21. The number of aromatic nitrogens is 2. The summed E-state index contributed by atoms with van der Waals surface area (Å²) in [6.07, 6.45) is 4.56. The number of amides is 1. The zero-order valence-corrected chi connectivity index (χ0v) is 15.5. The second-order valence-electron chi connectivity index (χ2n) is 5.90. The van der Waals surface area contributed by atoms with E-state index in [1.807, 2.05) is 12.1 Å². The molecule has 3 aromatic rings. The smallest absolute Gasteiger partial charge is 0.254 e. The van der Waals surface area contributed by atoms with Gasteiger partial charge in [0.05, 0.1) is 18.4 Å². The minimum atomic E-state index is -0.249. The van der Waals surface area contributed by atoms with Gasteiger partial charge in [-0.05, 0) is 50.2 Å². The lowest BCUT2D eigenvalue weighted by Crippen LogP contribution is -2.23. The summed E-state index contributed by atoms with van der Waals surface area (Å²) in [5.41, 5.74) is 2.46. The Kier molecular flexibility index (Phi) is 6.04. The second-order valence-corrected chi connectivity index (χ2v) is 5.90. The first-order valence-electron chi connectivity index (χ1n) is 8.94. The summed E-state index contributed by atoms with van der Waals surface area (Å²) >= 11 is 0. The van der Waals surface area contributed by atoms with Gasteiger partial charge in [-0.2, -0.15) is 0 Å². The predicted octanol–water partition coefficient (Wildman–Crippen LogP) is 3.59. The number of rotatable bonds is 8. The second kappa shape index (κ2) is 8.84. The van der Waals surface area contributed by atoms with E-state index in [0.717, 1.165) is 18.8 Å². The SMILES string of the molecule is CCN(CC)c1ccc(Nc2ncc(C(=O)NCc3ccco3)cn2)cc1. The Hall–Kier alpha value is -3.35. The Labute approximate surface area is 158 Å². The van der Waals surface area contributed by atoms with Crippen molar-refractivity contribution in [3.63, 3.8) is 0 Å². The van der Waals surface area contributed by atoms with E-state index < -0.39 is 0 Å². The lowest BCUT2D eigenvalue weighted by molar-refractivity contribution is 0.0947. The topological polar surface area (TPSA) is 83.3 Å². The summed E-state index contributed by atoms with van der Waals surface area (Å²) in [5, 5.41) is 5.90. The zero-order valence-electron chi connectivity index (χ0n) is 15.5. The van der Waals surface area contributed by atoms with Crippen LogP contribution in [-0.2, 0) is 6.54 Å². The van der Waals surface area contributed by atoms with Crippen LogP contribution in [0.25, 0.3) is 0 Å². The molecule has 0 fully saturated rings. The maximum atomic E-state index is 12.1. The Morgan fingerprint density at radius 3 is 2.37 bits per heavy atom. The number of carbonyl (C=O) groups is 1. The van der Waals surface area contributed by atoms with Gasteiger partial charge >= 0.3 is 0 Å². The van der Waals surface area contributed by atoms with Crippen LogP contribution in [0.3, 0.4) is 0 Å². The quantitative estimate of drug-likeness (QED) is 0.635. The Bertz CT molecular complexity index is 841. The van der Waals surface area contributed by atoms with E-state index in [4.69, 9.17) is 4.42 Å². The van der Waals surface area contributed by atoms with Crippen LogP contribution in [-0.4, -0.2) is 29.0 Å². The van der Waals surface area contributed by atoms with Crippen LogP contribution in [0.15, 0.2) is 59.5 Å². The average molecular weight is 365 g/mol. The third-order valence-electron chi connectivity index (χ3n) is 4.17. The highest BCUT2D eigenvalue weighted by Crippen LogP contribution is 2.19. The highest BCUT2D eigenvalue weighted by atomic mass is 16.3. The Balaban J connectivity index is 1.57. The third kappa shape index (κ3) is 4.84. The molecule has 0 aliphatic carbocycles. The van der Waals surface area contributed by atoms with E-state index >= 15 is 0 Å². The van der Waals surface area contributed by atoms with Crippen molar-refractivity contribution in [2.75, 3.05) is 23.3 Å². The van der Waals surface area contributed by atoms with Gasteiger partial charge in [0.25, 0.3) is 5.91 Å². The molecule has 1 aromatic carbocycles. The molecule has 2 N–H and O–H groups in total. The summed E-state index contributed by atoms with van der Waals surface area (Å²) in [7, 11) is 0. The molecule has 7 heteroatoms. The average Bonchev–Trinajstić information content (AvgIpc) is 3.22. The Morgan fingerprint density at radius 2 is 1.78 bits per heavy atom. The van der Waals surface area contributed by atoms with Gasteiger partial charge in [-0.3, -0.25) is 4.79 Å². The van der Waals surface area contributed by atoms with Crippen molar-refractivity contribution in [1.82, 2.24) is 15.3 Å². The highest BCUT2D eigenvalue weighted by molar-refractivity contribution is 5.93. The van der Waals surface area contributed by atoms with Crippen molar-refractivity contribution in [3.05, 3.63) is 66.4 Å². The number of benzene rings is 1. The number of hydrogen-bond acceptors (Lipinski definition) is 6. The van der Waals surface area contributed by atoms with Crippen molar-refractivity contribution < 1.29 is 9.21 Å². The van der Waals surface area contributed by atoms with Crippen molar-refractivity contribution in [2.45, 2.75) is 20.4 Å². The van der Waals surface area contributed by atoms with Gasteiger partial charge in [0.15, 0.2) is 0 Å². The van der Waals surface area contributed by atoms with Gasteiger partial charge in [0, 0.05) is 36.9 Å². The number of furan rings is 1. The first kappa shape index (κ1) is 18.4. The molecule has 27 heavy (non-hydrogen) atoms. The van der Waals surface area contributed by atoms with Crippen LogP contribution in [0.4, 0.5) is 17.3 Å². The predicted molar refractivity (Wildman–Crippen MR) is 105 cm³/mol. The Morgan fingerprint density at radius 1 is 1.07 bits per heavy atom. The molecule has 140 valence electrons. The molecular weight excluding hydrogens is 342 g/mol. The lowest BCUT2D eigenvalue weighted by atomic mass is 10.2. The molecule has 2 aromatic heterocycles. The molecule has 0 radical (unpaired) electrons. The van der Waals surface area contributed by atoms with Crippen molar-refractivity contribution >= 4 is 23.2 Å². The van der Waals surface area contributed by atoms with E-state index in [0.29, 0.717) is 23.8 Å². The summed E-state index contributed by atoms with van der Waals surface area (Å²) in [6.45, 7) is 6.53. The molecule has 0 aliphatic rings. The fourth-order valence-electron chi connectivity index (χ4n) is 2.67. The molecule has 7 nitrogen and oxygen atoms in total. The van der Waals surface area contributed by atoms with Crippen LogP contribution in [0.5, 0.6) is 0 Å². The van der Waals surface area contributed by atoms with Gasteiger partial charge in [0.2, 0.25) is 5.95 Å². The molecule has 0 aliphatic heterocycles. The van der Waals surface area contributed by atoms with Crippen LogP contribution in [0, 0.1) is 0 Å². The molecule has 0 atom stereocenters. The van der Waals surface area contributed by atoms with Gasteiger partial charge in [-0.25, -0.2) is 9.97 Å². The van der Waals surface area contributed by atoms with Gasteiger partial charge in [0.1, 0.15) is 5.76 Å². The van der Waals surface area contributed by atoms with Crippen molar-refractivity contribution in [2.24, 2.45) is 0 Å². The normalized spacial score (nSPS) is 10.4. The molecule has 2 heterocycles. The maximum absolute atomic E-state index is 12.1. The summed E-state index contributed by atoms with van der Waals surface area (Å²) in [6, 6.07) is 11.7. The highest BCUT2D eigenvalue weighted by Gasteiger charge is 2.08. The number of nitrogens with one attached hydrogen (secondary N) is 2. The third-order valence-corrected chi connectivity index (χ3v) is 4.17. The van der Waals surface area contributed by atoms with Crippen LogP contribution >= 0.6 is 0 Å². The van der Waals surface area contributed by atoms with E-state index in [1.165, 1.54) is 18.1 Å². The van der Waals surface area contributed by atoms with Gasteiger partial charge in [-0.1, -0.05) is 0 Å². The summed E-state index contributed by atoms with van der Waals surface area (Å²) in [5.74, 6) is 0.880. The minimum Gasteiger partial charge on any atom is -0.467 e. The fourth-order valence-corrected chi connectivity index (χ4v) is 2.67. The molecule has 0 saturated carbocycles. The van der Waals surface area contributed by atoms with Gasteiger partial charge in [-0.15, -0.1) is 0 Å². The minimum absolute atomic E-state index is 0.249. The molecule has 0 bridgehead atoms. The molecular formula is C20H23N5O2. The first-order chi connectivity index (χ1) is 13.2. The van der Waals surface area contributed by atoms with Gasteiger partial charge < -0.3 is 20.0 Å². The monoisotopic (exact) mass is 365 g/mol. The van der Waals surface area contributed by atoms with Crippen molar-refractivity contribution in [3.8, 4) is 0 Å².